The summed E-state index contributed by atoms with van der Waals surface area (Å²) in [6.45, 7) is 1.53. The average molecular weight is 414 g/mol. The molecule has 2 N–H and O–H groups in total. The molecule has 5 rings (SSSR count). The molecule has 1 aromatic carbocycles. The molecule has 1 saturated heterocycles. The number of hydrogen-bond donors (Lipinski definition) is 2. The van der Waals surface area contributed by atoms with Crippen molar-refractivity contribution < 1.29 is 9.47 Å². The first-order valence-corrected chi connectivity index (χ1v) is 10.2. The van der Waals surface area contributed by atoms with Crippen molar-refractivity contribution in [2.45, 2.75) is 18.9 Å². The summed E-state index contributed by atoms with van der Waals surface area (Å²) >= 11 is 0. The zero-order valence-corrected chi connectivity index (χ0v) is 16.9. The summed E-state index contributed by atoms with van der Waals surface area (Å²) in [6, 6.07) is 13.8. The van der Waals surface area contributed by atoms with Crippen LogP contribution in [-0.2, 0) is 4.74 Å². The van der Waals surface area contributed by atoms with E-state index in [0.717, 1.165) is 60.0 Å². The Morgan fingerprint density at radius 2 is 1.77 bits per heavy atom. The van der Waals surface area contributed by atoms with E-state index in [0.29, 0.717) is 5.95 Å². The maximum Gasteiger partial charge on any atom is 0.227 e. The maximum atomic E-state index is 6.05. The van der Waals surface area contributed by atoms with Crippen LogP contribution in [0.2, 0.25) is 0 Å². The van der Waals surface area contributed by atoms with Crippen molar-refractivity contribution >= 4 is 11.6 Å². The first-order chi connectivity index (χ1) is 15.3. The summed E-state index contributed by atoms with van der Waals surface area (Å²) < 4.78 is 11.4. The van der Waals surface area contributed by atoms with Crippen molar-refractivity contribution in [3.63, 3.8) is 0 Å². The summed E-state index contributed by atoms with van der Waals surface area (Å²) in [6.07, 6.45) is 9.12. The first-order valence-electron chi connectivity index (χ1n) is 10.2. The number of aromatic amines is 1. The molecular weight excluding hydrogens is 392 g/mol. The summed E-state index contributed by atoms with van der Waals surface area (Å²) in [7, 11) is 0. The van der Waals surface area contributed by atoms with Gasteiger partial charge in [0.15, 0.2) is 0 Å². The minimum absolute atomic E-state index is 0.225. The van der Waals surface area contributed by atoms with E-state index in [1.165, 1.54) is 0 Å². The largest absolute Gasteiger partial charge is 0.490 e. The van der Waals surface area contributed by atoms with E-state index in [-0.39, 0.29) is 6.10 Å². The summed E-state index contributed by atoms with van der Waals surface area (Å²) in [5.41, 5.74) is 4.42. The fourth-order valence-corrected chi connectivity index (χ4v) is 3.43. The Morgan fingerprint density at radius 1 is 0.903 bits per heavy atom. The van der Waals surface area contributed by atoms with Gasteiger partial charge in [-0.2, -0.15) is 5.10 Å². The molecule has 1 aliphatic rings. The lowest BCUT2D eigenvalue weighted by atomic mass is 10.1. The van der Waals surface area contributed by atoms with E-state index in [4.69, 9.17) is 9.47 Å². The van der Waals surface area contributed by atoms with Crippen LogP contribution >= 0.6 is 0 Å². The lowest BCUT2D eigenvalue weighted by Gasteiger charge is -2.23. The van der Waals surface area contributed by atoms with Gasteiger partial charge in [0.2, 0.25) is 5.95 Å². The highest BCUT2D eigenvalue weighted by Crippen LogP contribution is 2.24. The molecule has 0 radical (unpaired) electrons. The molecule has 0 amide bonds. The summed E-state index contributed by atoms with van der Waals surface area (Å²) in [5.74, 6) is 1.38. The molecule has 4 aromatic rings. The van der Waals surface area contributed by atoms with Crippen LogP contribution in [0, 0.1) is 0 Å². The number of aromatic nitrogens is 5. The van der Waals surface area contributed by atoms with Crippen LogP contribution in [0.4, 0.5) is 11.6 Å². The van der Waals surface area contributed by atoms with Crippen molar-refractivity contribution in [1.29, 1.82) is 0 Å². The lowest BCUT2D eigenvalue weighted by Crippen LogP contribution is -2.25. The van der Waals surface area contributed by atoms with E-state index >= 15 is 0 Å². The van der Waals surface area contributed by atoms with Gasteiger partial charge in [0.05, 0.1) is 42.7 Å². The number of H-pyrrole nitrogens is 1. The molecule has 8 heteroatoms. The number of rotatable bonds is 6. The Morgan fingerprint density at radius 3 is 2.52 bits per heavy atom. The molecular formula is C23H22N6O2. The van der Waals surface area contributed by atoms with Crippen LogP contribution in [0.1, 0.15) is 12.8 Å². The van der Waals surface area contributed by atoms with Crippen molar-refractivity contribution in [3.05, 3.63) is 67.3 Å². The SMILES string of the molecule is c1cc(-c2ccc(OC3CCOCC3)cc2)nc(Nc2ccc(-c3cn[nH]c3)nc2)n1. The highest BCUT2D eigenvalue weighted by molar-refractivity contribution is 5.64. The van der Waals surface area contributed by atoms with Gasteiger partial charge in [0, 0.05) is 36.4 Å². The van der Waals surface area contributed by atoms with Gasteiger partial charge in [0.1, 0.15) is 11.9 Å². The second kappa shape index (κ2) is 8.93. The predicted molar refractivity (Wildman–Crippen MR) is 117 cm³/mol. The van der Waals surface area contributed by atoms with Crippen LogP contribution in [0.5, 0.6) is 5.75 Å². The van der Waals surface area contributed by atoms with Gasteiger partial charge in [-0.3, -0.25) is 10.1 Å². The third-order valence-corrected chi connectivity index (χ3v) is 5.09. The normalized spacial score (nSPS) is 14.3. The third kappa shape index (κ3) is 4.70. The molecule has 0 atom stereocenters. The van der Waals surface area contributed by atoms with Gasteiger partial charge in [-0.15, -0.1) is 0 Å². The number of anilines is 2. The number of nitrogens with zero attached hydrogens (tertiary/aromatic N) is 4. The van der Waals surface area contributed by atoms with E-state index in [9.17, 15) is 0 Å². The zero-order chi connectivity index (χ0) is 20.9. The molecule has 4 heterocycles. The molecule has 156 valence electrons. The van der Waals surface area contributed by atoms with E-state index in [1.54, 1.807) is 18.6 Å². The number of pyridine rings is 1. The van der Waals surface area contributed by atoms with Crippen LogP contribution in [0.25, 0.3) is 22.5 Å². The van der Waals surface area contributed by atoms with Gasteiger partial charge in [-0.25, -0.2) is 9.97 Å². The monoisotopic (exact) mass is 414 g/mol. The zero-order valence-electron chi connectivity index (χ0n) is 16.9. The summed E-state index contributed by atoms with van der Waals surface area (Å²) in [4.78, 5) is 13.4. The van der Waals surface area contributed by atoms with Crippen LogP contribution in [-0.4, -0.2) is 44.5 Å². The molecule has 0 saturated carbocycles. The highest BCUT2D eigenvalue weighted by atomic mass is 16.5. The minimum atomic E-state index is 0.225. The number of ether oxygens (including phenoxy) is 2. The Balaban J connectivity index is 1.26. The Hall–Kier alpha value is -3.78. The smallest absolute Gasteiger partial charge is 0.227 e. The van der Waals surface area contributed by atoms with Crippen molar-refractivity contribution in [1.82, 2.24) is 25.1 Å². The molecule has 0 aliphatic carbocycles. The standard InChI is InChI=1S/C23H22N6O2/c1-4-19(31-20-8-11-30-12-9-20)5-2-16(1)22-7-10-24-23(29-22)28-18-3-6-21(25-15-18)17-13-26-27-14-17/h1-7,10,13-15,20H,8-9,11-12H2,(H,26,27)(H,24,28,29). The maximum absolute atomic E-state index is 6.05. The second-order valence-corrected chi connectivity index (χ2v) is 7.26. The topological polar surface area (TPSA) is 97.8 Å². The van der Waals surface area contributed by atoms with Crippen LogP contribution in [0.15, 0.2) is 67.3 Å². The first kappa shape index (κ1) is 19.2. The molecule has 3 aromatic heterocycles. The minimum Gasteiger partial charge on any atom is -0.490 e. The lowest BCUT2D eigenvalue weighted by molar-refractivity contribution is 0.0256. The Bertz CT molecular complexity index is 1110. The van der Waals surface area contributed by atoms with Crippen LogP contribution < -0.4 is 10.1 Å². The van der Waals surface area contributed by atoms with E-state index in [2.05, 4.69) is 30.5 Å². The molecule has 1 fully saturated rings. The summed E-state index contributed by atoms with van der Waals surface area (Å²) in [5, 5.41) is 9.95. The number of hydrogen-bond acceptors (Lipinski definition) is 7. The van der Waals surface area contributed by atoms with Crippen molar-refractivity contribution in [2.75, 3.05) is 18.5 Å². The fraction of sp³-hybridized carbons (Fsp3) is 0.217. The predicted octanol–water partition coefficient (Wildman–Crippen LogP) is 4.23. The quantitative estimate of drug-likeness (QED) is 0.487. The highest BCUT2D eigenvalue weighted by Gasteiger charge is 2.15. The van der Waals surface area contributed by atoms with Gasteiger partial charge in [0.25, 0.3) is 0 Å². The third-order valence-electron chi connectivity index (χ3n) is 5.09. The van der Waals surface area contributed by atoms with E-state index in [1.807, 2.05) is 48.7 Å². The Labute approximate surface area is 179 Å². The molecule has 0 spiro atoms. The Kier molecular flexibility index (Phi) is 5.53. The molecule has 31 heavy (non-hydrogen) atoms. The fourth-order valence-electron chi connectivity index (χ4n) is 3.43. The molecule has 1 aliphatic heterocycles. The average Bonchev–Trinajstić information content (AvgIpc) is 3.36. The van der Waals surface area contributed by atoms with Gasteiger partial charge in [-0.05, 0) is 42.5 Å². The molecule has 0 unspecified atom stereocenters. The number of nitrogens with one attached hydrogen (secondary N) is 2. The van der Waals surface area contributed by atoms with Gasteiger partial charge >= 0.3 is 0 Å². The van der Waals surface area contributed by atoms with Crippen molar-refractivity contribution in [2.24, 2.45) is 0 Å². The number of benzene rings is 1. The van der Waals surface area contributed by atoms with Crippen LogP contribution in [0.3, 0.4) is 0 Å². The van der Waals surface area contributed by atoms with Gasteiger partial charge in [-0.1, -0.05) is 0 Å². The second-order valence-electron chi connectivity index (χ2n) is 7.26. The van der Waals surface area contributed by atoms with E-state index < -0.39 is 0 Å². The van der Waals surface area contributed by atoms with Gasteiger partial charge < -0.3 is 14.8 Å². The molecule has 0 bridgehead atoms. The molecule has 8 nitrogen and oxygen atoms in total. The van der Waals surface area contributed by atoms with Crippen molar-refractivity contribution in [3.8, 4) is 28.3 Å².